The van der Waals surface area contributed by atoms with E-state index in [1.807, 2.05) is 6.92 Å². The van der Waals surface area contributed by atoms with Crippen LogP contribution >= 0.6 is 0 Å². The molecule has 0 fully saturated rings. The van der Waals surface area contributed by atoms with Crippen molar-refractivity contribution in [3.63, 3.8) is 0 Å². The summed E-state index contributed by atoms with van der Waals surface area (Å²) in [6.07, 6.45) is 4.58. The topological polar surface area (TPSA) is 98.8 Å². The van der Waals surface area contributed by atoms with E-state index in [0.29, 0.717) is 23.6 Å². The molecule has 3 heterocycles. The van der Waals surface area contributed by atoms with Crippen LogP contribution in [-0.4, -0.2) is 27.0 Å². The zero-order valence-corrected chi connectivity index (χ0v) is 18.0. The Hall–Kier alpha value is -3.55. The molecule has 7 nitrogen and oxygen atoms in total. The minimum atomic E-state index is -0.345. The van der Waals surface area contributed by atoms with Crippen molar-refractivity contribution in [1.82, 2.24) is 25.3 Å². The van der Waals surface area contributed by atoms with E-state index >= 15 is 0 Å². The fourth-order valence-corrected chi connectivity index (χ4v) is 3.95. The Balaban J connectivity index is 1.87. The zero-order chi connectivity index (χ0) is 22.1. The average Bonchev–Trinajstić information content (AvgIpc) is 2.77. The van der Waals surface area contributed by atoms with E-state index in [4.69, 9.17) is 10.5 Å². The summed E-state index contributed by atoms with van der Waals surface area (Å²) in [4.78, 5) is 17.5. The monoisotopic (exact) mass is 420 g/mol. The Labute approximate surface area is 180 Å². The van der Waals surface area contributed by atoms with Crippen LogP contribution in [0, 0.1) is 12.7 Å². The number of nitrogens with one attached hydrogen (secondary N) is 1. The van der Waals surface area contributed by atoms with E-state index in [0.717, 1.165) is 34.6 Å². The fraction of sp³-hybridized carbons (Fsp3) is 0.304. The van der Waals surface area contributed by atoms with Gasteiger partial charge in [-0.05, 0) is 43.5 Å². The number of allylic oxidation sites excluding steroid dienone is 1. The van der Waals surface area contributed by atoms with Crippen LogP contribution in [0.4, 0.5) is 10.3 Å². The molecule has 8 heteroatoms. The predicted octanol–water partition coefficient (Wildman–Crippen LogP) is 4.00. The van der Waals surface area contributed by atoms with E-state index in [9.17, 15) is 4.39 Å². The summed E-state index contributed by atoms with van der Waals surface area (Å²) in [5.74, 6) is 0.277. The van der Waals surface area contributed by atoms with E-state index in [-0.39, 0.29) is 17.8 Å². The minimum absolute atomic E-state index is 0.152. The normalized spacial score (nSPS) is 17.0. The highest BCUT2D eigenvalue weighted by Crippen LogP contribution is 2.38. The minimum Gasteiger partial charge on any atom is -0.480 e. The zero-order valence-electron chi connectivity index (χ0n) is 18.0. The van der Waals surface area contributed by atoms with Crippen LogP contribution < -0.4 is 15.8 Å². The smallest absolute Gasteiger partial charge is 0.232 e. The molecular weight excluding hydrogens is 395 g/mol. The average molecular weight is 420 g/mol. The SMILES string of the molecule is CC/C(C)=C1/NC(c2ccc(F)cc2-c2cncc(OC)n2)Cc2nc(N)nc(C)c21. The first-order chi connectivity index (χ1) is 14.9. The summed E-state index contributed by atoms with van der Waals surface area (Å²) in [6.45, 7) is 6.14. The fourth-order valence-electron chi connectivity index (χ4n) is 3.95. The van der Waals surface area contributed by atoms with Gasteiger partial charge < -0.3 is 15.8 Å². The van der Waals surface area contributed by atoms with Gasteiger partial charge in [0.25, 0.3) is 0 Å². The van der Waals surface area contributed by atoms with Crippen LogP contribution in [0.3, 0.4) is 0 Å². The summed E-state index contributed by atoms with van der Waals surface area (Å²) in [5.41, 5.74) is 12.9. The van der Waals surface area contributed by atoms with Gasteiger partial charge in [0.2, 0.25) is 11.8 Å². The van der Waals surface area contributed by atoms with Crippen molar-refractivity contribution in [2.45, 2.75) is 39.7 Å². The lowest BCUT2D eigenvalue weighted by Crippen LogP contribution is -2.31. The summed E-state index contributed by atoms with van der Waals surface area (Å²) >= 11 is 0. The molecule has 0 amide bonds. The first-order valence-corrected chi connectivity index (χ1v) is 10.2. The molecule has 1 atom stereocenters. The summed E-state index contributed by atoms with van der Waals surface area (Å²) in [7, 11) is 1.52. The van der Waals surface area contributed by atoms with Crippen LogP contribution in [0.5, 0.6) is 5.88 Å². The second-order valence-electron chi connectivity index (χ2n) is 7.58. The quantitative estimate of drug-likeness (QED) is 0.658. The first-order valence-electron chi connectivity index (χ1n) is 10.2. The standard InChI is InChI=1S/C23H25FN6O/c1-5-12(2)22-21-13(3)27-23(25)30-18(21)9-17(29-22)15-7-6-14(24)8-16(15)19-10-26-11-20(28-19)31-4/h6-8,10-11,17,29H,5,9H2,1-4H3,(H2,25,27,30)/b22-12+. The molecule has 3 N–H and O–H groups in total. The summed E-state index contributed by atoms with van der Waals surface area (Å²) < 4.78 is 19.4. The number of fused-ring (bicyclic) bond motifs is 1. The highest BCUT2D eigenvalue weighted by molar-refractivity contribution is 5.74. The van der Waals surface area contributed by atoms with Crippen LogP contribution in [0.2, 0.25) is 0 Å². The Bertz CT molecular complexity index is 1180. The van der Waals surface area contributed by atoms with E-state index in [1.165, 1.54) is 31.0 Å². The highest BCUT2D eigenvalue weighted by Gasteiger charge is 2.29. The number of ether oxygens (including phenoxy) is 1. The van der Waals surface area contributed by atoms with Gasteiger partial charge in [0.1, 0.15) is 5.82 Å². The number of anilines is 1. The maximum absolute atomic E-state index is 14.2. The third-order valence-corrected chi connectivity index (χ3v) is 5.59. The van der Waals surface area contributed by atoms with Crippen molar-refractivity contribution in [1.29, 1.82) is 0 Å². The van der Waals surface area contributed by atoms with Gasteiger partial charge >= 0.3 is 0 Å². The number of methoxy groups -OCH3 is 1. The Morgan fingerprint density at radius 1 is 1.26 bits per heavy atom. The third-order valence-electron chi connectivity index (χ3n) is 5.59. The molecule has 3 aromatic rings. The van der Waals surface area contributed by atoms with Gasteiger partial charge in [-0.3, -0.25) is 4.98 Å². The number of hydrogen-bond donors (Lipinski definition) is 2. The second-order valence-corrected chi connectivity index (χ2v) is 7.58. The predicted molar refractivity (Wildman–Crippen MR) is 118 cm³/mol. The number of benzene rings is 1. The Morgan fingerprint density at radius 2 is 2.06 bits per heavy atom. The second kappa shape index (κ2) is 8.29. The molecule has 0 radical (unpaired) electrons. The van der Waals surface area contributed by atoms with Gasteiger partial charge in [0, 0.05) is 23.2 Å². The number of aromatic nitrogens is 4. The molecule has 1 aromatic carbocycles. The lowest BCUT2D eigenvalue weighted by molar-refractivity contribution is 0.396. The van der Waals surface area contributed by atoms with Gasteiger partial charge in [-0.25, -0.2) is 19.3 Å². The molecule has 160 valence electrons. The molecule has 0 saturated carbocycles. The molecule has 4 rings (SSSR count). The molecule has 2 aromatic heterocycles. The molecule has 1 aliphatic rings. The molecule has 0 spiro atoms. The molecule has 1 aliphatic heterocycles. The summed E-state index contributed by atoms with van der Waals surface area (Å²) in [5, 5.41) is 3.65. The number of nitrogens with two attached hydrogens (primary N) is 1. The van der Waals surface area contributed by atoms with Gasteiger partial charge in [0.05, 0.1) is 42.6 Å². The molecule has 0 bridgehead atoms. The Kier molecular flexibility index (Phi) is 5.54. The van der Waals surface area contributed by atoms with Crippen LogP contribution in [0.25, 0.3) is 17.0 Å². The number of halogens is 1. The van der Waals surface area contributed by atoms with Crippen molar-refractivity contribution in [2.75, 3.05) is 12.8 Å². The van der Waals surface area contributed by atoms with Crippen molar-refractivity contribution < 1.29 is 9.13 Å². The van der Waals surface area contributed by atoms with Crippen LogP contribution in [-0.2, 0) is 6.42 Å². The van der Waals surface area contributed by atoms with E-state index in [1.54, 1.807) is 12.3 Å². The van der Waals surface area contributed by atoms with E-state index in [2.05, 4.69) is 39.1 Å². The third kappa shape index (κ3) is 3.93. The van der Waals surface area contributed by atoms with Gasteiger partial charge in [-0.2, -0.15) is 0 Å². The first kappa shape index (κ1) is 20.7. The molecule has 31 heavy (non-hydrogen) atoms. The number of rotatable bonds is 4. The molecule has 0 aliphatic carbocycles. The summed E-state index contributed by atoms with van der Waals surface area (Å²) in [6, 6.07) is 4.57. The van der Waals surface area contributed by atoms with E-state index < -0.39 is 0 Å². The van der Waals surface area contributed by atoms with Crippen LogP contribution in [0.1, 0.15) is 48.8 Å². The molecule has 1 unspecified atom stereocenters. The maximum Gasteiger partial charge on any atom is 0.232 e. The Morgan fingerprint density at radius 3 is 2.81 bits per heavy atom. The van der Waals surface area contributed by atoms with Crippen LogP contribution in [0.15, 0.2) is 36.2 Å². The van der Waals surface area contributed by atoms with Crippen molar-refractivity contribution in [2.24, 2.45) is 0 Å². The van der Waals surface area contributed by atoms with Crippen molar-refractivity contribution in [3.05, 3.63) is 64.5 Å². The maximum atomic E-state index is 14.2. The lowest BCUT2D eigenvalue weighted by Gasteiger charge is -2.32. The molecular formula is C23H25FN6O. The van der Waals surface area contributed by atoms with Gasteiger partial charge in [0.15, 0.2) is 0 Å². The van der Waals surface area contributed by atoms with Gasteiger partial charge in [-0.15, -0.1) is 0 Å². The number of hydrogen-bond acceptors (Lipinski definition) is 7. The highest BCUT2D eigenvalue weighted by atomic mass is 19.1. The lowest BCUT2D eigenvalue weighted by atomic mass is 9.88. The number of aryl methyl sites for hydroxylation is 1. The van der Waals surface area contributed by atoms with Crippen molar-refractivity contribution >= 4 is 11.6 Å². The molecule has 0 saturated heterocycles. The van der Waals surface area contributed by atoms with Gasteiger partial charge in [-0.1, -0.05) is 13.0 Å². The van der Waals surface area contributed by atoms with Crippen molar-refractivity contribution in [3.8, 4) is 17.1 Å². The number of nitrogens with zero attached hydrogens (tertiary/aromatic N) is 4. The number of nitrogen functional groups attached to an aromatic ring is 1. The largest absolute Gasteiger partial charge is 0.480 e.